The van der Waals surface area contributed by atoms with E-state index in [9.17, 15) is 9.59 Å². The minimum absolute atomic E-state index is 0.0900. The third-order valence-corrected chi connectivity index (χ3v) is 4.20. The largest absolute Gasteiger partial charge is 0.363 e. The maximum atomic E-state index is 12.4. The molecule has 2 saturated heterocycles. The molecule has 1 aromatic rings. The van der Waals surface area contributed by atoms with Gasteiger partial charge in [-0.25, -0.2) is 4.98 Å². The Bertz CT molecular complexity index is 615. The molecule has 2 fully saturated rings. The van der Waals surface area contributed by atoms with E-state index < -0.39 is 0 Å². The van der Waals surface area contributed by atoms with Crippen LogP contribution in [-0.2, 0) is 9.53 Å². The molecule has 2 aliphatic rings. The summed E-state index contributed by atoms with van der Waals surface area (Å²) < 4.78 is 5.68. The number of nitriles is 1. The Balaban J connectivity index is 1.62. The summed E-state index contributed by atoms with van der Waals surface area (Å²) in [4.78, 5) is 29.3. The fourth-order valence-corrected chi connectivity index (χ4v) is 2.79. The molecule has 2 aliphatic heterocycles. The molecule has 114 valence electrons. The van der Waals surface area contributed by atoms with Crippen molar-refractivity contribution in [3.63, 3.8) is 0 Å². The lowest BCUT2D eigenvalue weighted by molar-refractivity contribution is -0.149. The summed E-state index contributed by atoms with van der Waals surface area (Å²) in [5, 5.41) is 11.5. The fraction of sp³-hybridized carbons (Fsp3) is 0.467. The van der Waals surface area contributed by atoms with E-state index >= 15 is 0 Å². The molecule has 3 heterocycles. The average molecular weight is 300 g/mol. The van der Waals surface area contributed by atoms with Gasteiger partial charge in [0.2, 0.25) is 5.91 Å². The molecule has 1 N–H and O–H groups in total. The number of piperidine rings is 1. The van der Waals surface area contributed by atoms with Crippen molar-refractivity contribution in [3.8, 4) is 6.07 Å². The molecule has 7 heteroatoms. The SMILES string of the molecule is N#Cc1ccc(C(=O)N2CCC3(CC2)CNC(=O)CO3)cn1. The van der Waals surface area contributed by atoms with Gasteiger partial charge in [0.05, 0.1) is 11.2 Å². The van der Waals surface area contributed by atoms with Crippen LogP contribution in [0.1, 0.15) is 28.9 Å². The Morgan fingerprint density at radius 1 is 1.41 bits per heavy atom. The highest BCUT2D eigenvalue weighted by Crippen LogP contribution is 2.28. The zero-order valence-electron chi connectivity index (χ0n) is 12.0. The molecule has 2 amide bonds. The lowest BCUT2D eigenvalue weighted by Gasteiger charge is -2.43. The molecule has 0 radical (unpaired) electrons. The van der Waals surface area contributed by atoms with E-state index in [0.29, 0.717) is 43.7 Å². The number of likely N-dealkylation sites (tertiary alicyclic amines) is 1. The van der Waals surface area contributed by atoms with Gasteiger partial charge in [0.15, 0.2) is 0 Å². The smallest absolute Gasteiger partial charge is 0.255 e. The molecule has 22 heavy (non-hydrogen) atoms. The molecule has 0 atom stereocenters. The second kappa shape index (κ2) is 5.73. The molecule has 3 rings (SSSR count). The number of aromatic nitrogens is 1. The van der Waals surface area contributed by atoms with Gasteiger partial charge in [0.1, 0.15) is 18.4 Å². The summed E-state index contributed by atoms with van der Waals surface area (Å²) in [5.74, 6) is -0.181. The molecule has 0 bridgehead atoms. The van der Waals surface area contributed by atoms with Crippen LogP contribution in [0.15, 0.2) is 18.3 Å². The molecule has 1 spiro atoms. The highest BCUT2D eigenvalue weighted by atomic mass is 16.5. The Hall–Kier alpha value is -2.46. The summed E-state index contributed by atoms with van der Waals surface area (Å²) in [6.07, 6.45) is 2.83. The van der Waals surface area contributed by atoms with Crippen molar-refractivity contribution in [1.29, 1.82) is 5.26 Å². The van der Waals surface area contributed by atoms with E-state index in [4.69, 9.17) is 10.00 Å². The fourth-order valence-electron chi connectivity index (χ4n) is 2.79. The first kappa shape index (κ1) is 14.5. The van der Waals surface area contributed by atoms with Crippen molar-refractivity contribution in [3.05, 3.63) is 29.6 Å². The Kier molecular flexibility index (Phi) is 3.77. The lowest BCUT2D eigenvalue weighted by Crippen LogP contribution is -2.58. The molecular formula is C15H16N4O3. The van der Waals surface area contributed by atoms with Gasteiger partial charge in [0, 0.05) is 25.8 Å². The number of pyridine rings is 1. The van der Waals surface area contributed by atoms with Crippen molar-refractivity contribution in [2.45, 2.75) is 18.4 Å². The number of carbonyl (C=O) groups excluding carboxylic acids is 2. The van der Waals surface area contributed by atoms with Crippen LogP contribution in [0.3, 0.4) is 0 Å². The molecule has 0 unspecified atom stereocenters. The van der Waals surface area contributed by atoms with Gasteiger partial charge in [-0.05, 0) is 25.0 Å². The Morgan fingerprint density at radius 2 is 2.18 bits per heavy atom. The number of amides is 2. The first-order valence-electron chi connectivity index (χ1n) is 7.18. The number of ether oxygens (including phenoxy) is 1. The average Bonchev–Trinajstić information content (AvgIpc) is 2.58. The zero-order valence-corrected chi connectivity index (χ0v) is 12.0. The van der Waals surface area contributed by atoms with E-state index in [1.54, 1.807) is 17.0 Å². The highest BCUT2D eigenvalue weighted by molar-refractivity contribution is 5.94. The molecule has 0 saturated carbocycles. The summed E-state index contributed by atoms with van der Waals surface area (Å²) in [5.41, 5.74) is 0.432. The summed E-state index contributed by atoms with van der Waals surface area (Å²) in [6.45, 7) is 1.75. The van der Waals surface area contributed by atoms with E-state index in [-0.39, 0.29) is 24.0 Å². The number of carbonyl (C=O) groups is 2. The van der Waals surface area contributed by atoms with Crippen molar-refractivity contribution in [2.24, 2.45) is 0 Å². The van der Waals surface area contributed by atoms with Crippen LogP contribution in [-0.4, -0.2) is 53.5 Å². The van der Waals surface area contributed by atoms with Crippen LogP contribution in [0, 0.1) is 11.3 Å². The van der Waals surface area contributed by atoms with Gasteiger partial charge in [-0.1, -0.05) is 0 Å². The number of nitrogens with one attached hydrogen (secondary N) is 1. The minimum atomic E-state index is -0.340. The standard InChI is InChI=1S/C15H16N4O3/c16-7-12-2-1-11(8-17-12)14(21)19-5-3-15(4-6-19)10-18-13(20)9-22-15/h1-2,8H,3-6,9-10H2,(H,18,20). The van der Waals surface area contributed by atoms with Gasteiger partial charge in [0.25, 0.3) is 5.91 Å². The monoisotopic (exact) mass is 300 g/mol. The number of morpholine rings is 1. The van der Waals surface area contributed by atoms with Crippen molar-refractivity contribution >= 4 is 11.8 Å². The van der Waals surface area contributed by atoms with Crippen molar-refractivity contribution < 1.29 is 14.3 Å². The highest BCUT2D eigenvalue weighted by Gasteiger charge is 2.40. The van der Waals surface area contributed by atoms with Crippen LogP contribution >= 0.6 is 0 Å². The van der Waals surface area contributed by atoms with Crippen LogP contribution in [0.2, 0.25) is 0 Å². The minimum Gasteiger partial charge on any atom is -0.363 e. The third-order valence-electron chi connectivity index (χ3n) is 4.20. The lowest BCUT2D eigenvalue weighted by atomic mass is 9.89. The Labute approximate surface area is 127 Å². The molecule has 0 aliphatic carbocycles. The number of nitrogens with zero attached hydrogens (tertiary/aromatic N) is 3. The molecule has 0 aromatic carbocycles. The molecule has 7 nitrogen and oxygen atoms in total. The predicted octanol–water partition coefficient (Wildman–Crippen LogP) is 0.0745. The predicted molar refractivity (Wildman–Crippen MR) is 75.8 cm³/mol. The number of rotatable bonds is 1. The van der Waals surface area contributed by atoms with Gasteiger partial charge < -0.3 is 15.0 Å². The number of hydrogen-bond donors (Lipinski definition) is 1. The Morgan fingerprint density at radius 3 is 2.73 bits per heavy atom. The van der Waals surface area contributed by atoms with Gasteiger partial charge in [-0.15, -0.1) is 0 Å². The van der Waals surface area contributed by atoms with Gasteiger partial charge in [-0.2, -0.15) is 5.26 Å². The quantitative estimate of drug-likeness (QED) is 0.792. The van der Waals surface area contributed by atoms with Gasteiger partial charge in [-0.3, -0.25) is 9.59 Å². The van der Waals surface area contributed by atoms with E-state index in [1.807, 2.05) is 6.07 Å². The summed E-state index contributed by atoms with van der Waals surface area (Å²) >= 11 is 0. The zero-order chi connectivity index (χ0) is 15.6. The normalized spacial score (nSPS) is 20.3. The maximum absolute atomic E-state index is 12.4. The van der Waals surface area contributed by atoms with Crippen LogP contribution in [0.5, 0.6) is 0 Å². The summed E-state index contributed by atoms with van der Waals surface area (Å²) in [7, 11) is 0. The summed E-state index contributed by atoms with van der Waals surface area (Å²) in [6, 6.07) is 5.09. The third kappa shape index (κ3) is 2.78. The first-order valence-corrected chi connectivity index (χ1v) is 7.18. The van der Waals surface area contributed by atoms with Crippen LogP contribution < -0.4 is 5.32 Å². The first-order chi connectivity index (χ1) is 10.6. The van der Waals surface area contributed by atoms with Gasteiger partial charge >= 0.3 is 0 Å². The van der Waals surface area contributed by atoms with Crippen LogP contribution in [0.25, 0.3) is 0 Å². The van der Waals surface area contributed by atoms with Crippen molar-refractivity contribution in [2.75, 3.05) is 26.2 Å². The molecule has 1 aromatic heterocycles. The van der Waals surface area contributed by atoms with Crippen LogP contribution in [0.4, 0.5) is 0 Å². The number of hydrogen-bond acceptors (Lipinski definition) is 5. The van der Waals surface area contributed by atoms with E-state index in [0.717, 1.165) is 0 Å². The second-order valence-corrected chi connectivity index (χ2v) is 5.58. The van der Waals surface area contributed by atoms with E-state index in [1.165, 1.54) is 6.20 Å². The van der Waals surface area contributed by atoms with Crippen molar-refractivity contribution in [1.82, 2.24) is 15.2 Å². The molecular weight excluding hydrogens is 284 g/mol. The second-order valence-electron chi connectivity index (χ2n) is 5.58. The maximum Gasteiger partial charge on any atom is 0.255 e. The van der Waals surface area contributed by atoms with E-state index in [2.05, 4.69) is 10.3 Å². The topological polar surface area (TPSA) is 95.3 Å².